The van der Waals surface area contributed by atoms with Gasteiger partial charge in [-0.1, -0.05) is 51.1 Å². The molecule has 2 rings (SSSR count). The van der Waals surface area contributed by atoms with Crippen molar-refractivity contribution in [1.82, 2.24) is 10.2 Å². The van der Waals surface area contributed by atoms with Crippen LogP contribution in [0, 0.1) is 0 Å². The van der Waals surface area contributed by atoms with Gasteiger partial charge in [0.1, 0.15) is 0 Å². The summed E-state index contributed by atoms with van der Waals surface area (Å²) in [5, 5.41) is 3.90. The summed E-state index contributed by atoms with van der Waals surface area (Å²) in [6.07, 6.45) is 0. The molecule has 0 saturated carbocycles. The van der Waals surface area contributed by atoms with Crippen LogP contribution in [-0.2, 0) is 11.0 Å². The number of nitrogens with zero attached hydrogens (tertiary/aromatic N) is 1. The van der Waals surface area contributed by atoms with E-state index in [9.17, 15) is 0 Å². The van der Waals surface area contributed by atoms with Gasteiger partial charge in [-0.3, -0.25) is 4.90 Å². The first kappa shape index (κ1) is 17.7. The van der Waals surface area contributed by atoms with Crippen LogP contribution < -0.4 is 5.32 Å². The van der Waals surface area contributed by atoms with Gasteiger partial charge in [-0.2, -0.15) is 0 Å². The van der Waals surface area contributed by atoms with Crippen LogP contribution in [0.15, 0.2) is 30.3 Å². The summed E-state index contributed by atoms with van der Waals surface area (Å²) in [7, 11) is -1.64. The Kier molecular flexibility index (Phi) is 5.83. The first-order valence-electron chi connectivity index (χ1n) is 8.41. The molecule has 4 heteroatoms. The Labute approximate surface area is 137 Å². The Morgan fingerprint density at radius 3 is 2.55 bits per heavy atom. The van der Waals surface area contributed by atoms with Gasteiger partial charge in [0, 0.05) is 32.2 Å². The summed E-state index contributed by atoms with van der Waals surface area (Å²) >= 11 is 0. The van der Waals surface area contributed by atoms with Crippen molar-refractivity contribution in [3.05, 3.63) is 35.9 Å². The predicted octanol–water partition coefficient (Wildman–Crippen LogP) is 3.48. The minimum atomic E-state index is -1.64. The summed E-state index contributed by atoms with van der Waals surface area (Å²) < 4.78 is 6.38. The minimum Gasteiger partial charge on any atom is -0.415 e. The van der Waals surface area contributed by atoms with Gasteiger partial charge in [0.05, 0.1) is 6.61 Å². The summed E-state index contributed by atoms with van der Waals surface area (Å²) in [4.78, 5) is 2.53. The number of hydrogen-bond donors (Lipinski definition) is 1. The van der Waals surface area contributed by atoms with Crippen molar-refractivity contribution >= 4 is 8.32 Å². The first-order valence-corrected chi connectivity index (χ1v) is 11.3. The quantitative estimate of drug-likeness (QED) is 0.841. The zero-order valence-corrected chi connectivity index (χ0v) is 15.9. The lowest BCUT2D eigenvalue weighted by Gasteiger charge is -2.39. The second kappa shape index (κ2) is 7.26. The van der Waals surface area contributed by atoms with Crippen LogP contribution >= 0.6 is 0 Å². The Morgan fingerprint density at radius 2 is 1.91 bits per heavy atom. The van der Waals surface area contributed by atoms with Gasteiger partial charge < -0.3 is 9.74 Å². The smallest absolute Gasteiger partial charge is 0.192 e. The number of rotatable bonds is 5. The van der Waals surface area contributed by atoms with E-state index >= 15 is 0 Å². The van der Waals surface area contributed by atoms with E-state index in [1.807, 2.05) is 0 Å². The maximum Gasteiger partial charge on any atom is 0.192 e. The van der Waals surface area contributed by atoms with Crippen LogP contribution in [0.25, 0.3) is 0 Å². The third-order valence-electron chi connectivity index (χ3n) is 5.04. The zero-order valence-electron chi connectivity index (χ0n) is 14.9. The highest BCUT2D eigenvalue weighted by atomic mass is 28.4. The average molecular weight is 321 g/mol. The lowest BCUT2D eigenvalue weighted by Crippen LogP contribution is -2.54. The SMILES string of the molecule is CC(C)(C)[Si](C)(C)OCC1CN(Cc2ccccc2)CCN1. The first-order chi connectivity index (χ1) is 10.3. The van der Waals surface area contributed by atoms with Gasteiger partial charge >= 0.3 is 0 Å². The Morgan fingerprint density at radius 1 is 1.23 bits per heavy atom. The van der Waals surface area contributed by atoms with E-state index in [0.29, 0.717) is 6.04 Å². The summed E-state index contributed by atoms with van der Waals surface area (Å²) in [6.45, 7) is 16.7. The Bertz CT molecular complexity index is 456. The highest BCUT2D eigenvalue weighted by Gasteiger charge is 2.37. The fourth-order valence-electron chi connectivity index (χ4n) is 2.52. The van der Waals surface area contributed by atoms with Crippen molar-refractivity contribution < 1.29 is 4.43 Å². The Hall–Kier alpha value is -0.683. The second-order valence-electron chi connectivity index (χ2n) is 7.94. The van der Waals surface area contributed by atoms with Crippen molar-refractivity contribution in [2.45, 2.75) is 51.5 Å². The maximum atomic E-state index is 6.38. The van der Waals surface area contributed by atoms with Gasteiger partial charge in [-0.05, 0) is 23.7 Å². The van der Waals surface area contributed by atoms with Gasteiger partial charge in [0.25, 0.3) is 0 Å². The van der Waals surface area contributed by atoms with Crippen LogP contribution in [0.4, 0.5) is 0 Å². The van der Waals surface area contributed by atoms with E-state index in [1.54, 1.807) is 0 Å². The molecule has 1 N–H and O–H groups in total. The van der Waals surface area contributed by atoms with Crippen LogP contribution in [0.5, 0.6) is 0 Å². The monoisotopic (exact) mass is 320 g/mol. The molecule has 0 bridgehead atoms. The molecular formula is C18H32N2OSi. The molecule has 0 radical (unpaired) electrons. The van der Waals surface area contributed by atoms with Crippen LogP contribution in [0.2, 0.25) is 18.1 Å². The van der Waals surface area contributed by atoms with Gasteiger partial charge in [-0.15, -0.1) is 0 Å². The third kappa shape index (κ3) is 4.91. The summed E-state index contributed by atoms with van der Waals surface area (Å²) in [5.41, 5.74) is 1.40. The molecule has 1 atom stereocenters. The molecule has 22 heavy (non-hydrogen) atoms. The van der Waals surface area contributed by atoms with Gasteiger partial charge in [0.15, 0.2) is 8.32 Å². The molecule has 1 fully saturated rings. The highest BCUT2D eigenvalue weighted by Crippen LogP contribution is 2.36. The van der Waals surface area contributed by atoms with Gasteiger partial charge in [-0.25, -0.2) is 0 Å². The fourth-order valence-corrected chi connectivity index (χ4v) is 3.57. The van der Waals surface area contributed by atoms with Crippen molar-refractivity contribution in [3.63, 3.8) is 0 Å². The van der Waals surface area contributed by atoms with E-state index in [1.165, 1.54) is 5.56 Å². The molecule has 1 aliphatic heterocycles. The maximum absolute atomic E-state index is 6.38. The molecule has 0 aliphatic carbocycles. The molecule has 1 aromatic carbocycles. The van der Waals surface area contributed by atoms with Crippen molar-refractivity contribution in [3.8, 4) is 0 Å². The molecule has 0 spiro atoms. The molecule has 1 aliphatic rings. The number of benzene rings is 1. The summed E-state index contributed by atoms with van der Waals surface area (Å²) in [6, 6.07) is 11.2. The minimum absolute atomic E-state index is 0.283. The predicted molar refractivity (Wildman–Crippen MR) is 96.7 cm³/mol. The van der Waals surface area contributed by atoms with Crippen LogP contribution in [-0.4, -0.2) is 45.5 Å². The third-order valence-corrected chi connectivity index (χ3v) is 9.54. The average Bonchev–Trinajstić information content (AvgIpc) is 2.46. The van der Waals surface area contributed by atoms with Crippen molar-refractivity contribution in [1.29, 1.82) is 0 Å². The largest absolute Gasteiger partial charge is 0.415 e. The number of piperazine rings is 1. The number of hydrogen-bond acceptors (Lipinski definition) is 3. The fraction of sp³-hybridized carbons (Fsp3) is 0.667. The lowest BCUT2D eigenvalue weighted by atomic mass is 10.1. The molecule has 3 nitrogen and oxygen atoms in total. The molecule has 1 aromatic rings. The zero-order chi connectivity index (χ0) is 16.2. The molecule has 0 amide bonds. The topological polar surface area (TPSA) is 24.5 Å². The molecular weight excluding hydrogens is 288 g/mol. The van der Waals surface area contributed by atoms with Crippen LogP contribution in [0.1, 0.15) is 26.3 Å². The number of nitrogens with one attached hydrogen (secondary N) is 1. The van der Waals surface area contributed by atoms with Crippen molar-refractivity contribution in [2.24, 2.45) is 0 Å². The van der Waals surface area contributed by atoms with E-state index in [0.717, 1.165) is 32.8 Å². The van der Waals surface area contributed by atoms with Gasteiger partial charge in [0.2, 0.25) is 0 Å². The molecule has 1 heterocycles. The molecule has 1 unspecified atom stereocenters. The van der Waals surface area contributed by atoms with Crippen molar-refractivity contribution in [2.75, 3.05) is 26.2 Å². The van der Waals surface area contributed by atoms with E-state index in [-0.39, 0.29) is 5.04 Å². The molecule has 124 valence electrons. The lowest BCUT2D eigenvalue weighted by molar-refractivity contribution is 0.146. The van der Waals surface area contributed by atoms with E-state index in [2.05, 4.69) is 74.4 Å². The highest BCUT2D eigenvalue weighted by molar-refractivity contribution is 6.74. The summed E-state index contributed by atoms with van der Waals surface area (Å²) in [5.74, 6) is 0. The van der Waals surface area contributed by atoms with E-state index in [4.69, 9.17) is 4.43 Å². The Balaban J connectivity index is 1.83. The second-order valence-corrected chi connectivity index (χ2v) is 12.8. The standard InChI is InChI=1S/C18H32N2OSi/c1-18(2,3)22(4,5)21-15-17-14-20(12-11-19-17)13-16-9-7-6-8-10-16/h6-10,17,19H,11-15H2,1-5H3. The molecule has 0 aromatic heterocycles. The van der Waals surface area contributed by atoms with E-state index < -0.39 is 8.32 Å². The molecule has 1 saturated heterocycles. The van der Waals surface area contributed by atoms with Crippen LogP contribution in [0.3, 0.4) is 0 Å². The normalized spacial score (nSPS) is 21.0.